The van der Waals surface area contributed by atoms with Crippen LogP contribution in [0.25, 0.3) is 0 Å². The molecule has 1 atom stereocenters. The molecular formula is C13H16N4OS. The lowest BCUT2D eigenvalue weighted by atomic mass is 9.99. The predicted octanol–water partition coefficient (Wildman–Crippen LogP) is 2.30. The van der Waals surface area contributed by atoms with Gasteiger partial charge >= 0.3 is 0 Å². The van der Waals surface area contributed by atoms with Crippen LogP contribution in [0.2, 0.25) is 0 Å². The number of aromatic nitrogens is 3. The van der Waals surface area contributed by atoms with Crippen molar-refractivity contribution < 1.29 is 4.79 Å². The maximum Gasteiger partial charge on any atom is 0.270 e. The molecule has 6 heteroatoms. The van der Waals surface area contributed by atoms with Gasteiger partial charge in [-0.15, -0.1) is 11.3 Å². The molecule has 0 saturated carbocycles. The number of hydrogen-bond acceptors (Lipinski definition) is 5. The highest BCUT2D eigenvalue weighted by molar-refractivity contribution is 7.09. The third-order valence-corrected chi connectivity index (χ3v) is 4.07. The van der Waals surface area contributed by atoms with Crippen molar-refractivity contribution in [2.45, 2.75) is 32.7 Å². The van der Waals surface area contributed by atoms with Crippen molar-refractivity contribution in [3.05, 3.63) is 40.4 Å². The number of amides is 1. The van der Waals surface area contributed by atoms with Gasteiger partial charge in [0, 0.05) is 17.3 Å². The molecule has 100 valence electrons. The van der Waals surface area contributed by atoms with E-state index in [0.29, 0.717) is 5.69 Å². The van der Waals surface area contributed by atoms with Gasteiger partial charge in [0.2, 0.25) is 0 Å². The van der Waals surface area contributed by atoms with E-state index in [2.05, 4.69) is 20.3 Å². The van der Waals surface area contributed by atoms with E-state index in [1.54, 1.807) is 12.3 Å². The fraction of sp³-hybridized carbons (Fsp3) is 0.385. The van der Waals surface area contributed by atoms with Crippen molar-refractivity contribution >= 4 is 17.2 Å². The molecule has 5 nitrogen and oxygen atoms in total. The zero-order valence-corrected chi connectivity index (χ0v) is 12.0. The van der Waals surface area contributed by atoms with Crippen LogP contribution in [-0.2, 0) is 5.54 Å². The smallest absolute Gasteiger partial charge is 0.270 e. The van der Waals surface area contributed by atoms with E-state index in [1.165, 1.54) is 17.7 Å². The average molecular weight is 276 g/mol. The summed E-state index contributed by atoms with van der Waals surface area (Å²) in [5, 5.41) is 5.81. The summed E-state index contributed by atoms with van der Waals surface area (Å²) < 4.78 is 0. The number of aryl methyl sites for hydroxylation is 1. The molecule has 0 bridgehead atoms. The zero-order chi connectivity index (χ0) is 13.9. The Labute approximate surface area is 116 Å². The molecule has 0 aromatic carbocycles. The summed E-state index contributed by atoms with van der Waals surface area (Å²) >= 11 is 1.54. The Hall–Kier alpha value is -1.82. The minimum absolute atomic E-state index is 0.204. The lowest BCUT2D eigenvalue weighted by Crippen LogP contribution is -2.43. The lowest BCUT2D eigenvalue weighted by molar-refractivity contribution is 0.0896. The summed E-state index contributed by atoms with van der Waals surface area (Å²) in [5.41, 5.74) is 0.681. The van der Waals surface area contributed by atoms with Crippen LogP contribution in [0.1, 0.15) is 41.5 Å². The van der Waals surface area contributed by atoms with Gasteiger partial charge in [0.25, 0.3) is 5.91 Å². The quantitative estimate of drug-likeness (QED) is 0.930. The zero-order valence-electron chi connectivity index (χ0n) is 11.2. The molecule has 0 aliphatic rings. The fourth-order valence-corrected chi connectivity index (χ4v) is 2.51. The average Bonchev–Trinajstić information content (AvgIpc) is 2.93. The second kappa shape index (κ2) is 5.44. The molecule has 2 rings (SSSR count). The number of carbonyl (C=O) groups excluding carboxylic acids is 1. The lowest BCUT2D eigenvalue weighted by Gasteiger charge is -2.27. The fourth-order valence-electron chi connectivity index (χ4n) is 1.68. The molecule has 1 N–H and O–H groups in total. The predicted molar refractivity (Wildman–Crippen MR) is 74.0 cm³/mol. The van der Waals surface area contributed by atoms with Crippen molar-refractivity contribution in [1.82, 2.24) is 20.3 Å². The Bertz CT molecular complexity index is 570. The Morgan fingerprint density at radius 1 is 1.42 bits per heavy atom. The standard InChI is InChI=1S/C13H16N4OS/c1-4-13(3,12-14-5-6-19-12)17-11(18)10-7-9(2)15-8-16-10/h5-8H,4H2,1-3H3,(H,17,18)/t13-/m1/s1. The number of hydrogen-bond donors (Lipinski definition) is 1. The molecule has 0 unspecified atom stereocenters. The second-order valence-electron chi connectivity index (χ2n) is 4.52. The normalized spacial score (nSPS) is 13.8. The van der Waals surface area contributed by atoms with Crippen molar-refractivity contribution in [2.24, 2.45) is 0 Å². The maximum atomic E-state index is 12.2. The number of rotatable bonds is 4. The molecule has 2 aromatic heterocycles. The topological polar surface area (TPSA) is 67.8 Å². The van der Waals surface area contributed by atoms with Crippen LogP contribution in [-0.4, -0.2) is 20.9 Å². The van der Waals surface area contributed by atoms with E-state index in [4.69, 9.17) is 0 Å². The van der Waals surface area contributed by atoms with Crippen LogP contribution in [0, 0.1) is 6.92 Å². The van der Waals surface area contributed by atoms with Gasteiger partial charge in [-0.1, -0.05) is 6.92 Å². The van der Waals surface area contributed by atoms with E-state index in [-0.39, 0.29) is 5.91 Å². The molecule has 0 spiro atoms. The van der Waals surface area contributed by atoms with Gasteiger partial charge in [0.1, 0.15) is 17.0 Å². The van der Waals surface area contributed by atoms with Crippen molar-refractivity contribution in [1.29, 1.82) is 0 Å². The van der Waals surface area contributed by atoms with Gasteiger partial charge in [-0.05, 0) is 26.3 Å². The summed E-state index contributed by atoms with van der Waals surface area (Å²) in [6, 6.07) is 1.67. The first-order valence-electron chi connectivity index (χ1n) is 6.06. The van der Waals surface area contributed by atoms with E-state index >= 15 is 0 Å². The highest BCUT2D eigenvalue weighted by Crippen LogP contribution is 2.26. The van der Waals surface area contributed by atoms with E-state index in [0.717, 1.165) is 17.1 Å². The summed E-state index contributed by atoms with van der Waals surface area (Å²) in [5.74, 6) is -0.204. The van der Waals surface area contributed by atoms with Gasteiger partial charge in [0.05, 0.1) is 5.54 Å². The molecule has 0 aliphatic heterocycles. The first-order chi connectivity index (χ1) is 9.05. The second-order valence-corrected chi connectivity index (χ2v) is 5.42. The Balaban J connectivity index is 2.22. The number of thiazole rings is 1. The largest absolute Gasteiger partial charge is 0.339 e. The van der Waals surface area contributed by atoms with E-state index in [1.807, 2.05) is 26.2 Å². The molecular weight excluding hydrogens is 260 g/mol. The first-order valence-corrected chi connectivity index (χ1v) is 6.94. The third kappa shape index (κ3) is 2.96. The molecule has 0 radical (unpaired) electrons. The highest BCUT2D eigenvalue weighted by atomic mass is 32.1. The first kappa shape index (κ1) is 13.6. The minimum Gasteiger partial charge on any atom is -0.339 e. The third-order valence-electron chi connectivity index (χ3n) is 3.04. The number of nitrogens with one attached hydrogen (secondary N) is 1. The summed E-state index contributed by atoms with van der Waals surface area (Å²) in [6.45, 7) is 5.82. The van der Waals surface area contributed by atoms with E-state index < -0.39 is 5.54 Å². The molecule has 0 aliphatic carbocycles. The van der Waals surface area contributed by atoms with Crippen LogP contribution in [0.5, 0.6) is 0 Å². The molecule has 19 heavy (non-hydrogen) atoms. The van der Waals surface area contributed by atoms with Gasteiger partial charge in [0.15, 0.2) is 0 Å². The molecule has 0 saturated heterocycles. The van der Waals surface area contributed by atoms with Crippen molar-refractivity contribution in [3.63, 3.8) is 0 Å². The van der Waals surface area contributed by atoms with Gasteiger partial charge < -0.3 is 5.32 Å². The molecule has 2 aromatic rings. The van der Waals surface area contributed by atoms with Gasteiger partial charge in [-0.3, -0.25) is 4.79 Å². The Kier molecular flexibility index (Phi) is 3.90. The monoisotopic (exact) mass is 276 g/mol. The van der Waals surface area contributed by atoms with Crippen molar-refractivity contribution in [2.75, 3.05) is 0 Å². The molecule has 1 amide bonds. The summed E-state index contributed by atoms with van der Waals surface area (Å²) in [4.78, 5) is 24.5. The van der Waals surface area contributed by atoms with Crippen LogP contribution in [0.3, 0.4) is 0 Å². The van der Waals surface area contributed by atoms with Gasteiger partial charge in [-0.25, -0.2) is 15.0 Å². The minimum atomic E-state index is -0.468. The van der Waals surface area contributed by atoms with Crippen LogP contribution >= 0.6 is 11.3 Å². The maximum absolute atomic E-state index is 12.2. The Morgan fingerprint density at radius 3 is 2.79 bits per heavy atom. The van der Waals surface area contributed by atoms with Crippen LogP contribution in [0.4, 0.5) is 0 Å². The van der Waals surface area contributed by atoms with Crippen molar-refractivity contribution in [3.8, 4) is 0 Å². The van der Waals surface area contributed by atoms with Gasteiger partial charge in [-0.2, -0.15) is 0 Å². The Morgan fingerprint density at radius 2 is 2.21 bits per heavy atom. The van der Waals surface area contributed by atoms with Crippen LogP contribution < -0.4 is 5.32 Å². The number of nitrogens with zero attached hydrogens (tertiary/aromatic N) is 3. The van der Waals surface area contributed by atoms with E-state index in [9.17, 15) is 4.79 Å². The molecule has 0 fully saturated rings. The van der Waals surface area contributed by atoms with Crippen LogP contribution in [0.15, 0.2) is 24.0 Å². The SMILES string of the molecule is CC[C@@](C)(NC(=O)c1cc(C)ncn1)c1nccs1. The summed E-state index contributed by atoms with van der Waals surface area (Å²) in [6.07, 6.45) is 3.90. The highest BCUT2D eigenvalue weighted by Gasteiger charge is 2.29. The molecule has 2 heterocycles. The summed E-state index contributed by atoms with van der Waals surface area (Å²) in [7, 11) is 0. The number of carbonyl (C=O) groups is 1.